The van der Waals surface area contributed by atoms with Crippen molar-refractivity contribution in [3.05, 3.63) is 0 Å². The Morgan fingerprint density at radius 1 is 1.18 bits per heavy atom. The molecule has 0 saturated carbocycles. The van der Waals surface area contributed by atoms with E-state index in [0.717, 1.165) is 0 Å². The van der Waals surface area contributed by atoms with Crippen LogP contribution in [0.25, 0.3) is 0 Å². The first kappa shape index (κ1) is 23.9. The molecule has 160 valence electrons. The van der Waals surface area contributed by atoms with Crippen LogP contribution >= 0.6 is 0 Å². The standard InChI is InChI=1S/C19H34N4O5/c1-7-19(5,6)18(28)21-14(11(2)3)15(24)20-12(4)16(25)23-10-8-9-13(22-23)17(26)27/h11-14,22H,7-10H2,1-6H3,(H,20,24)(H,21,28)(H,26,27)/t12-,13?,14?/m0/s1. The van der Waals surface area contributed by atoms with E-state index in [4.69, 9.17) is 5.11 Å². The van der Waals surface area contributed by atoms with E-state index in [9.17, 15) is 19.2 Å². The number of aliphatic carboxylic acids is 1. The zero-order valence-electron chi connectivity index (χ0n) is 17.7. The molecule has 1 heterocycles. The van der Waals surface area contributed by atoms with Crippen LogP contribution in [0, 0.1) is 11.3 Å². The molecule has 9 heteroatoms. The summed E-state index contributed by atoms with van der Waals surface area (Å²) in [6.45, 7) is 11.1. The summed E-state index contributed by atoms with van der Waals surface area (Å²) >= 11 is 0. The molecule has 0 bridgehead atoms. The molecule has 1 fully saturated rings. The van der Waals surface area contributed by atoms with Gasteiger partial charge in [0.05, 0.1) is 0 Å². The third-order valence-corrected chi connectivity index (χ3v) is 5.21. The van der Waals surface area contributed by atoms with Gasteiger partial charge < -0.3 is 15.7 Å². The van der Waals surface area contributed by atoms with Gasteiger partial charge in [0.25, 0.3) is 5.91 Å². The second kappa shape index (κ2) is 9.86. The highest BCUT2D eigenvalue weighted by Crippen LogP contribution is 2.20. The first-order chi connectivity index (χ1) is 12.9. The summed E-state index contributed by atoms with van der Waals surface area (Å²) in [5.74, 6) is -2.26. The molecular formula is C19H34N4O5. The van der Waals surface area contributed by atoms with Crippen molar-refractivity contribution < 1.29 is 24.3 Å². The zero-order chi connectivity index (χ0) is 21.6. The number of hydrogen-bond donors (Lipinski definition) is 4. The Hall–Kier alpha value is -2.16. The zero-order valence-corrected chi connectivity index (χ0v) is 17.7. The van der Waals surface area contributed by atoms with E-state index in [-0.39, 0.29) is 11.8 Å². The van der Waals surface area contributed by atoms with Gasteiger partial charge in [0.15, 0.2) is 0 Å². The minimum Gasteiger partial charge on any atom is -0.480 e. The molecule has 0 spiro atoms. The summed E-state index contributed by atoms with van der Waals surface area (Å²) in [6.07, 6.45) is 1.63. The van der Waals surface area contributed by atoms with Gasteiger partial charge in [0.1, 0.15) is 18.1 Å². The molecule has 0 aromatic heterocycles. The van der Waals surface area contributed by atoms with Crippen LogP contribution in [0.15, 0.2) is 0 Å². The second-order valence-electron chi connectivity index (χ2n) is 8.31. The lowest BCUT2D eigenvalue weighted by Gasteiger charge is -2.34. The van der Waals surface area contributed by atoms with Gasteiger partial charge in [0, 0.05) is 12.0 Å². The van der Waals surface area contributed by atoms with Gasteiger partial charge in [-0.15, -0.1) is 0 Å². The van der Waals surface area contributed by atoms with Crippen LogP contribution in [0.3, 0.4) is 0 Å². The van der Waals surface area contributed by atoms with Crippen molar-refractivity contribution in [1.29, 1.82) is 0 Å². The van der Waals surface area contributed by atoms with Gasteiger partial charge in [-0.2, -0.15) is 0 Å². The molecule has 1 aliphatic heterocycles. The Labute approximate surface area is 166 Å². The van der Waals surface area contributed by atoms with Crippen LogP contribution in [0.1, 0.15) is 60.8 Å². The molecule has 3 amide bonds. The molecule has 0 aromatic carbocycles. The molecule has 2 unspecified atom stereocenters. The van der Waals surface area contributed by atoms with Crippen molar-refractivity contribution in [1.82, 2.24) is 21.1 Å². The number of carboxylic acid groups (broad SMARTS) is 1. The van der Waals surface area contributed by atoms with Crippen molar-refractivity contribution in [3.63, 3.8) is 0 Å². The van der Waals surface area contributed by atoms with Gasteiger partial charge in [-0.25, -0.2) is 5.43 Å². The Morgan fingerprint density at radius 3 is 2.29 bits per heavy atom. The average Bonchev–Trinajstić information content (AvgIpc) is 2.64. The summed E-state index contributed by atoms with van der Waals surface area (Å²) in [5, 5.41) is 15.8. The summed E-state index contributed by atoms with van der Waals surface area (Å²) < 4.78 is 0. The molecule has 0 aliphatic carbocycles. The molecule has 9 nitrogen and oxygen atoms in total. The Balaban J connectivity index is 2.75. The quantitative estimate of drug-likeness (QED) is 0.475. The van der Waals surface area contributed by atoms with E-state index in [1.165, 1.54) is 5.01 Å². The molecule has 28 heavy (non-hydrogen) atoms. The Bertz CT molecular complexity index is 605. The van der Waals surface area contributed by atoms with Crippen LogP contribution in [-0.2, 0) is 19.2 Å². The topological polar surface area (TPSA) is 128 Å². The van der Waals surface area contributed by atoms with E-state index >= 15 is 0 Å². The second-order valence-corrected chi connectivity index (χ2v) is 8.31. The number of carbonyl (C=O) groups excluding carboxylic acids is 3. The maximum Gasteiger partial charge on any atom is 0.322 e. The number of carboxylic acids is 1. The third-order valence-electron chi connectivity index (χ3n) is 5.21. The highest BCUT2D eigenvalue weighted by atomic mass is 16.4. The number of amides is 3. The first-order valence-electron chi connectivity index (χ1n) is 9.82. The lowest BCUT2D eigenvalue weighted by molar-refractivity contribution is -0.148. The van der Waals surface area contributed by atoms with E-state index in [1.54, 1.807) is 6.92 Å². The smallest absolute Gasteiger partial charge is 0.322 e. The summed E-state index contributed by atoms with van der Waals surface area (Å²) in [6, 6.07) is -2.45. The van der Waals surface area contributed by atoms with Crippen LogP contribution in [0.5, 0.6) is 0 Å². The summed E-state index contributed by atoms with van der Waals surface area (Å²) in [4.78, 5) is 48.9. The number of hydrogen-bond acceptors (Lipinski definition) is 5. The van der Waals surface area contributed by atoms with Gasteiger partial charge in [-0.05, 0) is 32.1 Å². The van der Waals surface area contributed by atoms with Crippen LogP contribution < -0.4 is 16.1 Å². The van der Waals surface area contributed by atoms with Gasteiger partial charge in [-0.1, -0.05) is 34.6 Å². The number of nitrogens with zero attached hydrogens (tertiary/aromatic N) is 1. The monoisotopic (exact) mass is 398 g/mol. The molecule has 1 rings (SSSR count). The number of rotatable bonds is 8. The summed E-state index contributed by atoms with van der Waals surface area (Å²) in [7, 11) is 0. The first-order valence-corrected chi connectivity index (χ1v) is 9.82. The molecule has 0 aromatic rings. The van der Waals surface area contributed by atoms with Crippen molar-refractivity contribution in [2.45, 2.75) is 78.9 Å². The number of hydrazine groups is 1. The highest BCUT2D eigenvalue weighted by Gasteiger charge is 2.34. The number of carbonyl (C=O) groups is 4. The van der Waals surface area contributed by atoms with Gasteiger partial charge in [0.2, 0.25) is 11.8 Å². The lowest BCUT2D eigenvalue weighted by Crippen LogP contribution is -2.61. The lowest BCUT2D eigenvalue weighted by atomic mass is 9.88. The summed E-state index contributed by atoms with van der Waals surface area (Å²) in [5.41, 5.74) is 2.08. The number of nitrogens with one attached hydrogen (secondary N) is 3. The van der Waals surface area contributed by atoms with Crippen molar-refractivity contribution in [3.8, 4) is 0 Å². The van der Waals surface area contributed by atoms with E-state index < -0.39 is 41.3 Å². The Morgan fingerprint density at radius 2 is 1.79 bits per heavy atom. The van der Waals surface area contributed by atoms with Crippen LogP contribution in [-0.4, -0.2) is 58.5 Å². The van der Waals surface area contributed by atoms with Crippen molar-refractivity contribution in [2.24, 2.45) is 11.3 Å². The van der Waals surface area contributed by atoms with Crippen molar-refractivity contribution in [2.75, 3.05) is 6.54 Å². The normalized spacial score (nSPS) is 19.7. The largest absolute Gasteiger partial charge is 0.480 e. The van der Waals surface area contributed by atoms with Gasteiger partial charge >= 0.3 is 5.97 Å². The van der Waals surface area contributed by atoms with Gasteiger partial charge in [-0.3, -0.25) is 24.2 Å². The maximum atomic E-state index is 12.7. The average molecular weight is 399 g/mol. The SMILES string of the molecule is CCC(C)(C)C(=O)NC(C(=O)N[C@@H](C)C(=O)N1CCCC(C(=O)O)N1)C(C)C. The predicted octanol–water partition coefficient (Wildman–Crippen LogP) is 0.648. The molecular weight excluding hydrogens is 364 g/mol. The highest BCUT2D eigenvalue weighted by molar-refractivity contribution is 5.93. The van der Waals surface area contributed by atoms with Crippen LogP contribution in [0.4, 0.5) is 0 Å². The molecule has 1 aliphatic rings. The van der Waals surface area contributed by atoms with E-state index in [1.807, 2.05) is 34.6 Å². The fraction of sp³-hybridized carbons (Fsp3) is 0.789. The predicted molar refractivity (Wildman–Crippen MR) is 104 cm³/mol. The minimum absolute atomic E-state index is 0.164. The third kappa shape index (κ3) is 6.19. The fourth-order valence-corrected chi connectivity index (χ4v) is 2.75. The Kier molecular flexibility index (Phi) is 8.41. The minimum atomic E-state index is -1.02. The molecule has 1 saturated heterocycles. The molecule has 3 atom stereocenters. The fourth-order valence-electron chi connectivity index (χ4n) is 2.75. The van der Waals surface area contributed by atoms with E-state index in [2.05, 4.69) is 16.1 Å². The maximum absolute atomic E-state index is 12.7. The van der Waals surface area contributed by atoms with Crippen LogP contribution in [0.2, 0.25) is 0 Å². The molecule has 4 N–H and O–H groups in total. The van der Waals surface area contributed by atoms with Crippen molar-refractivity contribution >= 4 is 23.7 Å². The van der Waals surface area contributed by atoms with E-state index in [0.29, 0.717) is 25.8 Å². The molecule has 0 radical (unpaired) electrons.